The van der Waals surface area contributed by atoms with Crippen LogP contribution in [-0.2, 0) is 0 Å². The third-order valence-corrected chi connectivity index (χ3v) is 4.35. The van der Waals surface area contributed by atoms with Gasteiger partial charge in [-0.25, -0.2) is 0 Å². The smallest absolute Gasteiger partial charge is 0.152 e. The summed E-state index contributed by atoms with van der Waals surface area (Å²) in [5, 5.41) is 11.7. The summed E-state index contributed by atoms with van der Waals surface area (Å²) >= 11 is 5.05. The summed E-state index contributed by atoms with van der Waals surface area (Å²) in [4.78, 5) is 1.09. The molecule has 1 atom stereocenters. The lowest BCUT2D eigenvalue weighted by atomic mass is 10.3. The normalized spacial score (nSPS) is 13.9. The highest BCUT2D eigenvalue weighted by molar-refractivity contribution is 9.10. The average Bonchev–Trinajstić information content (AvgIpc) is 2.27. The second-order valence-corrected chi connectivity index (χ2v) is 5.07. The van der Waals surface area contributed by atoms with E-state index in [1.807, 2.05) is 31.2 Å². The average molecular weight is 289 g/mol. The van der Waals surface area contributed by atoms with Crippen LogP contribution in [0, 0.1) is 0 Å². The molecule has 82 valence electrons. The van der Waals surface area contributed by atoms with Crippen molar-refractivity contribution in [1.82, 2.24) is 0 Å². The van der Waals surface area contributed by atoms with Crippen LogP contribution in [0.2, 0.25) is 0 Å². The highest BCUT2D eigenvalue weighted by atomic mass is 79.9. The van der Waals surface area contributed by atoms with Gasteiger partial charge in [0.15, 0.2) is 5.84 Å². The zero-order valence-corrected chi connectivity index (χ0v) is 10.8. The Morgan fingerprint density at radius 3 is 2.80 bits per heavy atom. The van der Waals surface area contributed by atoms with E-state index in [0.717, 1.165) is 15.8 Å². The zero-order chi connectivity index (χ0) is 11.3. The third kappa shape index (κ3) is 3.43. The lowest BCUT2D eigenvalue weighted by Crippen LogP contribution is -2.25. The van der Waals surface area contributed by atoms with Crippen LogP contribution in [0.4, 0.5) is 0 Å². The van der Waals surface area contributed by atoms with Crippen LogP contribution in [0.15, 0.2) is 38.8 Å². The van der Waals surface area contributed by atoms with Crippen molar-refractivity contribution in [2.75, 3.05) is 0 Å². The van der Waals surface area contributed by atoms with E-state index in [2.05, 4.69) is 21.1 Å². The molecule has 0 spiro atoms. The summed E-state index contributed by atoms with van der Waals surface area (Å²) in [6.07, 6.45) is 0.821. The largest absolute Gasteiger partial charge is 0.409 e. The van der Waals surface area contributed by atoms with Crippen LogP contribution in [0.25, 0.3) is 0 Å². The third-order valence-electron chi connectivity index (χ3n) is 1.92. The number of benzene rings is 1. The minimum atomic E-state index is 0.00806. The van der Waals surface area contributed by atoms with E-state index in [4.69, 9.17) is 10.9 Å². The highest BCUT2D eigenvalue weighted by Gasteiger charge is 2.14. The van der Waals surface area contributed by atoms with Crippen LogP contribution in [0.5, 0.6) is 0 Å². The number of oxime groups is 1. The summed E-state index contributed by atoms with van der Waals surface area (Å²) in [6, 6.07) is 7.90. The number of nitrogens with two attached hydrogens (primary N) is 1. The van der Waals surface area contributed by atoms with Gasteiger partial charge in [0, 0.05) is 9.37 Å². The molecule has 15 heavy (non-hydrogen) atoms. The molecule has 3 N–H and O–H groups in total. The van der Waals surface area contributed by atoms with Gasteiger partial charge in [0.1, 0.15) is 0 Å². The first-order chi connectivity index (χ1) is 7.19. The minimum Gasteiger partial charge on any atom is -0.409 e. The Labute approximate surface area is 102 Å². The van der Waals surface area contributed by atoms with Gasteiger partial charge in [-0.2, -0.15) is 0 Å². The fourth-order valence-corrected chi connectivity index (χ4v) is 2.65. The molecule has 1 aromatic carbocycles. The van der Waals surface area contributed by atoms with Gasteiger partial charge in [-0.3, -0.25) is 0 Å². The number of halogens is 1. The molecule has 0 heterocycles. The minimum absolute atomic E-state index is 0.00806. The number of hydrogen-bond donors (Lipinski definition) is 2. The number of thioether (sulfide) groups is 1. The number of amidine groups is 1. The van der Waals surface area contributed by atoms with Crippen molar-refractivity contribution in [1.29, 1.82) is 0 Å². The van der Waals surface area contributed by atoms with Crippen molar-refractivity contribution in [3.63, 3.8) is 0 Å². The quantitative estimate of drug-likeness (QED) is 0.294. The molecule has 1 unspecified atom stereocenters. The van der Waals surface area contributed by atoms with Gasteiger partial charge >= 0.3 is 0 Å². The fraction of sp³-hybridized carbons (Fsp3) is 0.300. The molecule has 0 aromatic heterocycles. The summed E-state index contributed by atoms with van der Waals surface area (Å²) in [7, 11) is 0. The van der Waals surface area contributed by atoms with E-state index in [1.54, 1.807) is 11.8 Å². The van der Waals surface area contributed by atoms with Gasteiger partial charge in [0.25, 0.3) is 0 Å². The van der Waals surface area contributed by atoms with Crippen LogP contribution in [0.3, 0.4) is 0 Å². The maximum absolute atomic E-state index is 8.62. The van der Waals surface area contributed by atoms with Gasteiger partial charge in [-0.05, 0) is 34.5 Å². The number of rotatable bonds is 4. The van der Waals surface area contributed by atoms with Gasteiger partial charge in [-0.1, -0.05) is 24.2 Å². The van der Waals surface area contributed by atoms with Gasteiger partial charge in [0.2, 0.25) is 0 Å². The Morgan fingerprint density at radius 1 is 1.60 bits per heavy atom. The molecular weight excluding hydrogens is 276 g/mol. The van der Waals surface area contributed by atoms with E-state index in [-0.39, 0.29) is 11.1 Å². The predicted octanol–water partition coefficient (Wildman–Crippen LogP) is 3.07. The van der Waals surface area contributed by atoms with E-state index in [0.29, 0.717) is 0 Å². The molecule has 0 aliphatic heterocycles. The number of hydrogen-bond acceptors (Lipinski definition) is 3. The number of nitrogens with zero attached hydrogens (tertiary/aromatic N) is 1. The standard InChI is InChI=1S/C10H13BrN2OS/c1-2-8(10(12)13-14)15-9-6-4-3-5-7(9)11/h3-6,8,14H,2H2,1H3,(H2,12,13). The Hall–Kier alpha value is -0.680. The van der Waals surface area contributed by atoms with Gasteiger partial charge in [-0.15, -0.1) is 11.8 Å². The van der Waals surface area contributed by atoms with Crippen molar-refractivity contribution >= 4 is 33.5 Å². The van der Waals surface area contributed by atoms with Crippen LogP contribution in [-0.4, -0.2) is 16.3 Å². The summed E-state index contributed by atoms with van der Waals surface area (Å²) in [6.45, 7) is 2.01. The maximum Gasteiger partial charge on any atom is 0.152 e. The van der Waals surface area contributed by atoms with Gasteiger partial charge < -0.3 is 10.9 Å². The molecule has 0 radical (unpaired) electrons. The molecular formula is C10H13BrN2OS. The molecule has 0 bridgehead atoms. The second-order valence-electron chi connectivity index (χ2n) is 2.97. The van der Waals surface area contributed by atoms with Gasteiger partial charge in [0.05, 0.1) is 5.25 Å². The molecule has 0 saturated carbocycles. The van der Waals surface area contributed by atoms with Crippen LogP contribution >= 0.6 is 27.7 Å². The Kier molecular flexibility index (Phi) is 4.98. The van der Waals surface area contributed by atoms with E-state index >= 15 is 0 Å². The first-order valence-corrected chi connectivity index (χ1v) is 6.25. The molecule has 5 heteroatoms. The van der Waals surface area contributed by atoms with Crippen molar-refractivity contribution < 1.29 is 5.21 Å². The van der Waals surface area contributed by atoms with Crippen LogP contribution < -0.4 is 5.73 Å². The lowest BCUT2D eigenvalue weighted by Gasteiger charge is -2.13. The molecule has 1 rings (SSSR count). The molecule has 0 aliphatic carbocycles. The Bertz CT molecular complexity index is 357. The summed E-state index contributed by atoms with van der Waals surface area (Å²) in [5.41, 5.74) is 5.59. The lowest BCUT2D eigenvalue weighted by molar-refractivity contribution is 0.317. The molecule has 3 nitrogen and oxygen atoms in total. The maximum atomic E-state index is 8.62. The highest BCUT2D eigenvalue weighted by Crippen LogP contribution is 2.31. The summed E-state index contributed by atoms with van der Waals surface area (Å²) in [5.74, 6) is 0.262. The molecule has 1 aromatic rings. The fourth-order valence-electron chi connectivity index (χ4n) is 1.11. The monoisotopic (exact) mass is 288 g/mol. The SMILES string of the molecule is CCC(Sc1ccccc1Br)C(N)=NO. The topological polar surface area (TPSA) is 58.6 Å². The Balaban J connectivity index is 2.80. The molecule has 0 saturated heterocycles. The van der Waals surface area contributed by atoms with E-state index in [9.17, 15) is 0 Å². The molecule has 0 amide bonds. The van der Waals surface area contributed by atoms with E-state index in [1.165, 1.54) is 0 Å². The first-order valence-electron chi connectivity index (χ1n) is 4.57. The van der Waals surface area contributed by atoms with E-state index < -0.39 is 0 Å². The van der Waals surface area contributed by atoms with Crippen LogP contribution in [0.1, 0.15) is 13.3 Å². The zero-order valence-electron chi connectivity index (χ0n) is 8.35. The van der Waals surface area contributed by atoms with Crippen molar-refractivity contribution in [3.05, 3.63) is 28.7 Å². The first kappa shape index (κ1) is 12.4. The van der Waals surface area contributed by atoms with Crippen molar-refractivity contribution in [3.8, 4) is 0 Å². The molecule has 0 fully saturated rings. The van der Waals surface area contributed by atoms with Crippen molar-refractivity contribution in [2.45, 2.75) is 23.5 Å². The molecule has 0 aliphatic rings. The van der Waals surface area contributed by atoms with Crippen molar-refractivity contribution in [2.24, 2.45) is 10.9 Å². The second kappa shape index (κ2) is 6.02. The Morgan fingerprint density at radius 2 is 2.27 bits per heavy atom. The predicted molar refractivity (Wildman–Crippen MR) is 67.5 cm³/mol. The summed E-state index contributed by atoms with van der Waals surface area (Å²) < 4.78 is 1.03.